The van der Waals surface area contributed by atoms with Crippen LogP contribution in [0.15, 0.2) is 46.9 Å². The van der Waals surface area contributed by atoms with Crippen LogP contribution in [-0.4, -0.2) is 53.4 Å². The molecule has 3 aromatic rings. The van der Waals surface area contributed by atoms with E-state index >= 15 is 0 Å². The van der Waals surface area contributed by atoms with Crippen LogP contribution in [0.25, 0.3) is 11.1 Å². The van der Waals surface area contributed by atoms with Gasteiger partial charge in [0.15, 0.2) is 5.58 Å². The number of amides is 1. The molecule has 0 radical (unpaired) electrons. The molecule has 10 heteroatoms. The average molecular weight is 453 g/mol. The van der Waals surface area contributed by atoms with Gasteiger partial charge in [0.05, 0.1) is 23.7 Å². The maximum atomic E-state index is 13.0. The highest BCUT2D eigenvalue weighted by Crippen LogP contribution is 2.36. The van der Waals surface area contributed by atoms with E-state index in [2.05, 4.69) is 15.2 Å². The van der Waals surface area contributed by atoms with Gasteiger partial charge in [-0.3, -0.25) is 14.6 Å². The molecule has 0 atom stereocenters. The Morgan fingerprint density at radius 2 is 1.81 bits per heavy atom. The fourth-order valence-corrected chi connectivity index (χ4v) is 3.73. The Morgan fingerprint density at radius 1 is 1.10 bits per heavy atom. The summed E-state index contributed by atoms with van der Waals surface area (Å²) < 4.78 is 44.7. The van der Waals surface area contributed by atoms with E-state index in [0.29, 0.717) is 25.5 Å². The third-order valence-electron chi connectivity index (χ3n) is 5.08. The molecule has 0 aliphatic carbocycles. The number of nitrogens with one attached hydrogen (secondary N) is 1. The first-order valence-corrected chi connectivity index (χ1v) is 10.1. The number of hydrogen-bond donors (Lipinski definition) is 1. The van der Waals surface area contributed by atoms with Gasteiger partial charge in [0.25, 0.3) is 0 Å². The number of rotatable bonds is 5. The van der Waals surface area contributed by atoms with E-state index in [1.54, 1.807) is 0 Å². The summed E-state index contributed by atoms with van der Waals surface area (Å²) in [6, 6.07) is 10.9. The number of aromatic nitrogens is 1. The predicted molar refractivity (Wildman–Crippen MR) is 111 cm³/mol. The van der Waals surface area contributed by atoms with Crippen LogP contribution in [0.1, 0.15) is 11.5 Å². The second kappa shape index (κ2) is 8.86. The van der Waals surface area contributed by atoms with E-state index in [0.717, 1.165) is 36.3 Å². The quantitative estimate of drug-likeness (QED) is 0.627. The van der Waals surface area contributed by atoms with Crippen LogP contribution >= 0.6 is 11.6 Å². The van der Waals surface area contributed by atoms with Crippen molar-refractivity contribution >= 4 is 34.3 Å². The van der Waals surface area contributed by atoms with Crippen LogP contribution in [-0.2, 0) is 17.5 Å². The summed E-state index contributed by atoms with van der Waals surface area (Å²) in [6.07, 6.45) is -4.58. The monoisotopic (exact) mass is 452 g/mol. The molecule has 1 N–H and O–H groups in total. The average Bonchev–Trinajstić information content (AvgIpc) is 3.12. The van der Waals surface area contributed by atoms with E-state index in [-0.39, 0.29) is 18.1 Å². The third-order valence-corrected chi connectivity index (χ3v) is 5.41. The lowest BCUT2D eigenvalue weighted by Crippen LogP contribution is -2.48. The molecule has 31 heavy (non-hydrogen) atoms. The molecule has 2 heterocycles. The normalized spacial score (nSPS) is 16.0. The van der Waals surface area contributed by atoms with Gasteiger partial charge in [-0.15, -0.1) is 0 Å². The molecular formula is C21H20ClF3N4O2. The van der Waals surface area contributed by atoms with Gasteiger partial charge in [0.1, 0.15) is 5.52 Å². The van der Waals surface area contributed by atoms with Crippen molar-refractivity contribution in [3.05, 3.63) is 58.9 Å². The van der Waals surface area contributed by atoms with Crippen molar-refractivity contribution in [2.75, 3.05) is 38.0 Å². The molecule has 0 bridgehead atoms. The molecule has 1 aliphatic heterocycles. The number of carbonyl (C=O) groups excluding carboxylic acids is 1. The van der Waals surface area contributed by atoms with Gasteiger partial charge in [0.2, 0.25) is 11.8 Å². The van der Waals surface area contributed by atoms with E-state index in [9.17, 15) is 18.0 Å². The highest BCUT2D eigenvalue weighted by Gasteiger charge is 2.33. The summed E-state index contributed by atoms with van der Waals surface area (Å²) >= 11 is 5.61. The molecule has 1 aliphatic rings. The van der Waals surface area contributed by atoms with Crippen molar-refractivity contribution in [3.63, 3.8) is 0 Å². The Morgan fingerprint density at radius 3 is 2.52 bits per heavy atom. The van der Waals surface area contributed by atoms with Gasteiger partial charge >= 0.3 is 6.18 Å². The van der Waals surface area contributed by atoms with E-state index in [1.807, 2.05) is 29.2 Å². The summed E-state index contributed by atoms with van der Waals surface area (Å²) in [6.45, 7) is 3.45. The first kappa shape index (κ1) is 21.6. The maximum absolute atomic E-state index is 13.0. The first-order valence-electron chi connectivity index (χ1n) is 9.74. The van der Waals surface area contributed by atoms with Gasteiger partial charge in [-0.1, -0.05) is 23.7 Å². The molecule has 1 aromatic heterocycles. The number of carbonyl (C=O) groups is 1. The number of benzene rings is 2. The van der Waals surface area contributed by atoms with Crippen LogP contribution < -0.4 is 5.32 Å². The number of oxazole rings is 1. The molecule has 1 amide bonds. The number of nitrogens with zero attached hydrogens (tertiary/aromatic N) is 3. The molecule has 0 spiro atoms. The lowest BCUT2D eigenvalue weighted by molar-refractivity contribution is -0.137. The highest BCUT2D eigenvalue weighted by atomic mass is 35.5. The molecule has 2 aromatic carbocycles. The van der Waals surface area contributed by atoms with Gasteiger partial charge in [0, 0.05) is 31.9 Å². The van der Waals surface area contributed by atoms with Crippen molar-refractivity contribution in [2.45, 2.75) is 12.7 Å². The minimum Gasteiger partial charge on any atom is -0.439 e. The lowest BCUT2D eigenvalue weighted by Gasteiger charge is -2.33. The van der Waals surface area contributed by atoms with Crippen molar-refractivity contribution in [1.29, 1.82) is 0 Å². The van der Waals surface area contributed by atoms with Crippen LogP contribution in [0.4, 0.5) is 18.9 Å². The van der Waals surface area contributed by atoms with Crippen LogP contribution in [0.5, 0.6) is 0 Å². The summed E-state index contributed by atoms with van der Waals surface area (Å²) in [7, 11) is 0. The lowest BCUT2D eigenvalue weighted by atomic mass is 10.2. The minimum absolute atomic E-state index is 0.0660. The number of fused-ring (bicyclic) bond motifs is 1. The zero-order valence-corrected chi connectivity index (χ0v) is 17.2. The Bertz CT molecular complexity index is 1040. The van der Waals surface area contributed by atoms with Gasteiger partial charge in [-0.05, 0) is 30.3 Å². The van der Waals surface area contributed by atoms with E-state index in [4.69, 9.17) is 16.0 Å². The fourth-order valence-electron chi connectivity index (χ4n) is 3.51. The molecule has 0 saturated carbocycles. The molecule has 1 fully saturated rings. The van der Waals surface area contributed by atoms with Crippen molar-refractivity contribution in [1.82, 2.24) is 14.8 Å². The Kier molecular flexibility index (Phi) is 6.17. The first-order chi connectivity index (χ1) is 14.8. The molecule has 6 nitrogen and oxygen atoms in total. The van der Waals surface area contributed by atoms with E-state index in [1.165, 1.54) is 6.07 Å². The van der Waals surface area contributed by atoms with Crippen LogP contribution in [0, 0.1) is 0 Å². The summed E-state index contributed by atoms with van der Waals surface area (Å²) in [5.41, 5.74) is 0.670. The van der Waals surface area contributed by atoms with Crippen molar-refractivity contribution in [2.24, 2.45) is 0 Å². The van der Waals surface area contributed by atoms with Crippen LogP contribution in [0.2, 0.25) is 5.02 Å². The molecular weight excluding hydrogens is 433 g/mol. The van der Waals surface area contributed by atoms with Crippen molar-refractivity contribution in [3.8, 4) is 0 Å². The van der Waals surface area contributed by atoms with Crippen LogP contribution in [0.3, 0.4) is 0 Å². The summed E-state index contributed by atoms with van der Waals surface area (Å²) in [5, 5.41) is 2.11. The third kappa shape index (κ3) is 5.36. The summed E-state index contributed by atoms with van der Waals surface area (Å²) in [4.78, 5) is 20.9. The number of hydrogen-bond acceptors (Lipinski definition) is 5. The number of anilines is 1. The predicted octanol–water partition coefficient (Wildman–Crippen LogP) is 4.26. The second-order valence-corrected chi connectivity index (χ2v) is 7.78. The Hall–Kier alpha value is -2.62. The van der Waals surface area contributed by atoms with Gasteiger partial charge in [-0.2, -0.15) is 13.2 Å². The molecule has 164 valence electrons. The summed E-state index contributed by atoms with van der Waals surface area (Å²) in [5.74, 6) is 0.276. The van der Waals surface area contributed by atoms with Gasteiger partial charge in [-0.25, -0.2) is 4.98 Å². The zero-order valence-electron chi connectivity index (χ0n) is 16.5. The fraction of sp³-hybridized carbons (Fsp3) is 0.333. The Balaban J connectivity index is 1.27. The Labute approximate surface area is 181 Å². The smallest absolute Gasteiger partial charge is 0.417 e. The molecule has 0 unspecified atom stereocenters. The maximum Gasteiger partial charge on any atom is 0.417 e. The zero-order chi connectivity index (χ0) is 22.0. The minimum atomic E-state index is -4.58. The van der Waals surface area contributed by atoms with Crippen molar-refractivity contribution < 1.29 is 22.4 Å². The number of halogens is 4. The number of para-hydroxylation sites is 2. The SMILES string of the molecule is O=C(CN1CCN(Cc2nc3ccccc3o2)CC1)Nc1ccc(Cl)c(C(F)(F)F)c1. The largest absolute Gasteiger partial charge is 0.439 e. The topological polar surface area (TPSA) is 61.6 Å². The molecule has 1 saturated heterocycles. The number of alkyl halides is 3. The molecule has 4 rings (SSSR count). The van der Waals surface area contributed by atoms with Gasteiger partial charge < -0.3 is 9.73 Å². The standard InChI is InChI=1S/C21H20ClF3N4O2/c22-16-6-5-14(11-15(16)21(23,24)25)26-19(30)12-28-7-9-29(10-8-28)13-20-27-17-3-1-2-4-18(17)31-20/h1-6,11H,7-10,12-13H2,(H,26,30). The van der Waals surface area contributed by atoms with E-state index < -0.39 is 16.8 Å². The number of piperazine rings is 1. The highest BCUT2D eigenvalue weighted by molar-refractivity contribution is 6.31. The second-order valence-electron chi connectivity index (χ2n) is 7.37.